The molecule has 5 atom stereocenters. The molecule has 2 aliphatic rings. The molecule has 0 radical (unpaired) electrons. The fraction of sp³-hybridized carbons (Fsp3) is 0.652. The van der Waals surface area contributed by atoms with Gasteiger partial charge in [-0.25, -0.2) is 0 Å². The molecule has 1 aromatic rings. The Labute approximate surface area is 188 Å². The second kappa shape index (κ2) is 9.05. The van der Waals surface area contributed by atoms with Crippen LogP contribution in [0.5, 0.6) is 0 Å². The fourth-order valence-corrected chi connectivity index (χ4v) is 6.67. The Morgan fingerprint density at radius 3 is 2.34 bits per heavy atom. The van der Waals surface area contributed by atoms with Gasteiger partial charge in [0.05, 0.1) is 0 Å². The third kappa shape index (κ3) is 4.87. The Morgan fingerprint density at radius 2 is 1.78 bits per heavy atom. The molecule has 0 aromatic heterocycles. The van der Waals surface area contributed by atoms with E-state index < -0.39 is 28.3 Å². The van der Waals surface area contributed by atoms with Gasteiger partial charge in [0.2, 0.25) is 0 Å². The van der Waals surface area contributed by atoms with Gasteiger partial charge in [0.25, 0.3) is 10.2 Å². The minimum atomic E-state index is -1.04. The monoisotopic (exact) mass is 447 g/mol. The molecule has 3 rings (SSSR count). The summed E-state index contributed by atoms with van der Waals surface area (Å²) < 4.78 is 0. The van der Waals surface area contributed by atoms with Crippen LogP contribution >= 0.6 is 0 Å². The van der Waals surface area contributed by atoms with Crippen molar-refractivity contribution in [1.82, 2.24) is 0 Å². The van der Waals surface area contributed by atoms with E-state index in [0.717, 1.165) is 25.7 Å². The highest BCUT2D eigenvalue weighted by atomic mass is 17.0. The quantitative estimate of drug-likeness (QED) is 0.323. The van der Waals surface area contributed by atoms with Crippen LogP contribution in [0, 0.1) is 37.0 Å². The maximum atomic E-state index is 11.1. The number of benzene rings is 1. The molecule has 9 heteroatoms. The number of nitrogens with two attached hydrogens (primary N) is 1. The highest BCUT2D eigenvalue weighted by molar-refractivity contribution is 5.34. The van der Waals surface area contributed by atoms with Crippen molar-refractivity contribution in [2.45, 2.75) is 64.4 Å². The summed E-state index contributed by atoms with van der Waals surface area (Å²) in [5.74, 6) is -0.338. The summed E-state index contributed by atoms with van der Waals surface area (Å²) in [6.07, 6.45) is 5.18. The molecular formula is C23H33N3O6. The van der Waals surface area contributed by atoms with Gasteiger partial charge in [0, 0.05) is 0 Å². The Balaban J connectivity index is 1.97. The average molecular weight is 448 g/mol. The van der Waals surface area contributed by atoms with Gasteiger partial charge in [-0.1, -0.05) is 69.2 Å². The van der Waals surface area contributed by atoms with Gasteiger partial charge < -0.3 is 15.4 Å². The third-order valence-electron chi connectivity index (χ3n) is 7.48. The van der Waals surface area contributed by atoms with Crippen LogP contribution < -0.4 is 5.73 Å². The van der Waals surface area contributed by atoms with Crippen LogP contribution in [0.3, 0.4) is 0 Å². The highest BCUT2D eigenvalue weighted by Crippen LogP contribution is 2.60. The number of hydrogen-bond acceptors (Lipinski definition) is 7. The van der Waals surface area contributed by atoms with Crippen LogP contribution in [0.25, 0.3) is 0 Å². The van der Waals surface area contributed by atoms with E-state index in [-0.39, 0.29) is 16.7 Å². The van der Waals surface area contributed by atoms with Crippen LogP contribution in [0.2, 0.25) is 0 Å². The molecule has 1 aromatic carbocycles. The molecule has 176 valence electrons. The van der Waals surface area contributed by atoms with Crippen LogP contribution in [0.15, 0.2) is 42.0 Å². The molecule has 0 saturated heterocycles. The van der Waals surface area contributed by atoms with Crippen molar-refractivity contribution in [2.75, 3.05) is 13.2 Å². The lowest BCUT2D eigenvalue weighted by atomic mass is 9.49. The normalized spacial score (nSPS) is 31.2. The van der Waals surface area contributed by atoms with Crippen molar-refractivity contribution < 1.29 is 19.8 Å². The molecule has 32 heavy (non-hydrogen) atoms. The minimum Gasteiger partial charge on any atom is -0.330 e. The molecule has 0 aliphatic heterocycles. The predicted molar refractivity (Wildman–Crippen MR) is 119 cm³/mol. The molecule has 0 spiro atoms. The van der Waals surface area contributed by atoms with E-state index >= 15 is 0 Å². The summed E-state index contributed by atoms with van der Waals surface area (Å²) in [6, 6.07) is 10.5. The Kier molecular flexibility index (Phi) is 6.78. The molecule has 9 nitrogen and oxygen atoms in total. The zero-order valence-electron chi connectivity index (χ0n) is 19.0. The summed E-state index contributed by atoms with van der Waals surface area (Å²) >= 11 is 0. The second-order valence-electron chi connectivity index (χ2n) is 10.0. The Bertz CT molecular complexity index is 878. The molecule has 0 heterocycles. The van der Waals surface area contributed by atoms with Crippen LogP contribution in [-0.2, 0) is 15.1 Å². The van der Waals surface area contributed by atoms with E-state index in [2.05, 4.69) is 49.0 Å². The number of hydrogen-bond donors (Lipinski definition) is 1. The average Bonchev–Trinajstić information content (AvgIpc) is 2.71. The van der Waals surface area contributed by atoms with Gasteiger partial charge in [-0.15, -0.1) is 20.2 Å². The van der Waals surface area contributed by atoms with Gasteiger partial charge in [-0.3, -0.25) is 0 Å². The summed E-state index contributed by atoms with van der Waals surface area (Å²) in [4.78, 5) is 31.3. The van der Waals surface area contributed by atoms with Gasteiger partial charge in [-0.2, -0.15) is 0 Å². The van der Waals surface area contributed by atoms with Crippen molar-refractivity contribution in [3.63, 3.8) is 0 Å². The highest BCUT2D eigenvalue weighted by Gasteiger charge is 2.53. The third-order valence-corrected chi connectivity index (χ3v) is 7.48. The van der Waals surface area contributed by atoms with Crippen molar-refractivity contribution in [3.05, 3.63) is 67.8 Å². The smallest absolute Gasteiger partial charge is 0.294 e. The van der Waals surface area contributed by atoms with E-state index in [9.17, 15) is 20.2 Å². The Morgan fingerprint density at radius 1 is 1.09 bits per heavy atom. The SMILES string of the molecule is CCC(C(CO[N+](=O)[O-])O[N+](=O)[O-])C1(C)C=C2CC(CN)(CC(C)(c3ccccc3)C2)C1. The summed E-state index contributed by atoms with van der Waals surface area (Å²) in [5.41, 5.74) is 8.30. The van der Waals surface area contributed by atoms with Crippen LogP contribution in [-0.4, -0.2) is 29.4 Å². The second-order valence-corrected chi connectivity index (χ2v) is 10.0. The number of fused-ring (bicyclic) bond motifs is 2. The lowest BCUT2D eigenvalue weighted by molar-refractivity contribution is -0.792. The first-order valence-corrected chi connectivity index (χ1v) is 11.1. The lowest BCUT2D eigenvalue weighted by Gasteiger charge is -2.56. The largest absolute Gasteiger partial charge is 0.330 e. The number of nitrogens with zero attached hydrogens (tertiary/aromatic N) is 2. The maximum Gasteiger partial charge on any atom is 0.294 e. The van der Waals surface area contributed by atoms with Gasteiger partial charge in [0.1, 0.15) is 12.7 Å². The number of allylic oxidation sites excluding steroid dienone is 2. The fourth-order valence-electron chi connectivity index (χ4n) is 6.67. The zero-order valence-corrected chi connectivity index (χ0v) is 19.0. The topological polar surface area (TPSA) is 131 Å². The van der Waals surface area contributed by atoms with Crippen molar-refractivity contribution in [1.29, 1.82) is 0 Å². The van der Waals surface area contributed by atoms with E-state index in [1.165, 1.54) is 11.1 Å². The van der Waals surface area contributed by atoms with Crippen LogP contribution in [0.1, 0.15) is 58.4 Å². The minimum absolute atomic E-state index is 0.0424. The Hall–Kier alpha value is -2.68. The van der Waals surface area contributed by atoms with E-state index in [4.69, 9.17) is 10.6 Å². The first-order valence-electron chi connectivity index (χ1n) is 11.1. The molecular weight excluding hydrogens is 414 g/mol. The molecule has 1 saturated carbocycles. The predicted octanol–water partition coefficient (Wildman–Crippen LogP) is 4.22. The summed E-state index contributed by atoms with van der Waals surface area (Å²) in [7, 11) is 0. The van der Waals surface area contributed by atoms with Gasteiger partial charge in [-0.05, 0) is 60.0 Å². The van der Waals surface area contributed by atoms with E-state index in [0.29, 0.717) is 13.0 Å². The summed E-state index contributed by atoms with van der Waals surface area (Å²) in [5, 5.41) is 20.1. The molecule has 2 bridgehead atoms. The van der Waals surface area contributed by atoms with Gasteiger partial charge in [0.15, 0.2) is 0 Å². The van der Waals surface area contributed by atoms with Crippen molar-refractivity contribution >= 4 is 0 Å². The van der Waals surface area contributed by atoms with Crippen molar-refractivity contribution in [3.8, 4) is 0 Å². The molecule has 5 unspecified atom stereocenters. The molecule has 0 amide bonds. The van der Waals surface area contributed by atoms with E-state index in [1.807, 2.05) is 13.0 Å². The maximum absolute atomic E-state index is 11.1. The molecule has 2 aliphatic carbocycles. The summed E-state index contributed by atoms with van der Waals surface area (Å²) in [6.45, 7) is 6.29. The first kappa shape index (κ1) is 24.0. The van der Waals surface area contributed by atoms with Crippen LogP contribution in [0.4, 0.5) is 0 Å². The molecule has 1 fully saturated rings. The zero-order chi connectivity index (χ0) is 23.6. The standard InChI is InChI=1S/C23H33N3O6/c1-4-19(20(32-26(29)30)13-31-25(27)28)22(3)11-17-10-21(2,18-8-6-5-7-9-18)14-23(12-17,15-22)16-24/h5-9,11,19-20H,4,10,12-16,24H2,1-3H3. The number of rotatable bonds is 10. The van der Waals surface area contributed by atoms with Crippen molar-refractivity contribution in [2.24, 2.45) is 22.5 Å². The lowest BCUT2D eigenvalue weighted by Crippen LogP contribution is -2.51. The van der Waals surface area contributed by atoms with E-state index in [1.54, 1.807) is 0 Å². The first-order chi connectivity index (χ1) is 15.0. The van der Waals surface area contributed by atoms with Gasteiger partial charge >= 0.3 is 0 Å². The molecule has 2 N–H and O–H groups in total.